The van der Waals surface area contributed by atoms with Crippen LogP contribution < -0.4 is 5.32 Å². The van der Waals surface area contributed by atoms with Crippen molar-refractivity contribution >= 4 is 0 Å². The van der Waals surface area contributed by atoms with E-state index < -0.39 is 0 Å². The minimum absolute atomic E-state index is 0.156. The first-order valence-electron chi connectivity index (χ1n) is 5.87. The third kappa shape index (κ3) is 3.43. The molecule has 0 aliphatic heterocycles. The Morgan fingerprint density at radius 3 is 2.41 bits per heavy atom. The third-order valence-corrected chi connectivity index (χ3v) is 2.56. The first-order valence-corrected chi connectivity index (χ1v) is 5.87. The Kier molecular flexibility index (Phi) is 3.29. The Balaban J connectivity index is 2.04. The van der Waals surface area contributed by atoms with Crippen LogP contribution in [0.25, 0.3) is 5.69 Å². The summed E-state index contributed by atoms with van der Waals surface area (Å²) in [5, 5.41) is 3.47. The maximum Gasteiger partial charge on any atom is 0.0991 e. The van der Waals surface area contributed by atoms with Crippen molar-refractivity contribution in [3.63, 3.8) is 0 Å². The number of rotatable bonds is 3. The van der Waals surface area contributed by atoms with Gasteiger partial charge in [-0.15, -0.1) is 0 Å². The molecule has 90 valence electrons. The summed E-state index contributed by atoms with van der Waals surface area (Å²) in [5.74, 6) is 0. The lowest BCUT2D eigenvalue weighted by Crippen LogP contribution is -2.35. The molecule has 1 aromatic heterocycles. The van der Waals surface area contributed by atoms with Gasteiger partial charge in [-0.25, -0.2) is 4.98 Å². The normalized spacial score (nSPS) is 11.7. The van der Waals surface area contributed by atoms with Gasteiger partial charge in [0.05, 0.1) is 6.33 Å². The SMILES string of the molecule is CC(C)(C)NCc1ccc(-n2ccnc2)cc1. The van der Waals surface area contributed by atoms with Gasteiger partial charge >= 0.3 is 0 Å². The quantitative estimate of drug-likeness (QED) is 0.877. The van der Waals surface area contributed by atoms with Crippen LogP contribution in [-0.4, -0.2) is 15.1 Å². The van der Waals surface area contributed by atoms with Gasteiger partial charge in [-0.2, -0.15) is 0 Å². The van der Waals surface area contributed by atoms with Gasteiger partial charge in [-0.1, -0.05) is 12.1 Å². The van der Waals surface area contributed by atoms with Crippen molar-refractivity contribution in [2.24, 2.45) is 0 Å². The highest BCUT2D eigenvalue weighted by Crippen LogP contribution is 2.10. The number of nitrogens with one attached hydrogen (secondary N) is 1. The van der Waals surface area contributed by atoms with Gasteiger partial charge in [0.15, 0.2) is 0 Å². The van der Waals surface area contributed by atoms with Crippen LogP contribution in [0.15, 0.2) is 43.0 Å². The predicted octanol–water partition coefficient (Wildman–Crippen LogP) is 2.76. The van der Waals surface area contributed by atoms with Crippen LogP contribution in [0.3, 0.4) is 0 Å². The number of benzene rings is 1. The van der Waals surface area contributed by atoms with Gasteiger partial charge in [0, 0.05) is 30.2 Å². The van der Waals surface area contributed by atoms with Crippen LogP contribution >= 0.6 is 0 Å². The molecule has 0 unspecified atom stereocenters. The maximum absolute atomic E-state index is 4.04. The van der Waals surface area contributed by atoms with Gasteiger partial charge in [0.2, 0.25) is 0 Å². The van der Waals surface area contributed by atoms with Crippen LogP contribution in [0.2, 0.25) is 0 Å². The molecular weight excluding hydrogens is 210 g/mol. The lowest BCUT2D eigenvalue weighted by Gasteiger charge is -2.20. The molecule has 2 rings (SSSR count). The molecule has 1 N–H and O–H groups in total. The van der Waals surface area contributed by atoms with E-state index in [1.54, 1.807) is 6.20 Å². The van der Waals surface area contributed by atoms with E-state index in [1.807, 2.05) is 17.1 Å². The summed E-state index contributed by atoms with van der Waals surface area (Å²) >= 11 is 0. The Hall–Kier alpha value is -1.61. The molecule has 3 heteroatoms. The van der Waals surface area contributed by atoms with Crippen molar-refractivity contribution < 1.29 is 0 Å². The second-order valence-electron chi connectivity index (χ2n) is 5.24. The Bertz CT molecular complexity index is 449. The lowest BCUT2D eigenvalue weighted by atomic mass is 10.1. The van der Waals surface area contributed by atoms with Gasteiger partial charge in [-0.05, 0) is 38.5 Å². The minimum atomic E-state index is 0.156. The van der Waals surface area contributed by atoms with E-state index in [1.165, 1.54) is 5.56 Å². The van der Waals surface area contributed by atoms with Gasteiger partial charge in [0.25, 0.3) is 0 Å². The smallest absolute Gasteiger partial charge is 0.0991 e. The summed E-state index contributed by atoms with van der Waals surface area (Å²) in [5.41, 5.74) is 2.59. The molecule has 0 bridgehead atoms. The highest BCUT2D eigenvalue weighted by Gasteiger charge is 2.08. The van der Waals surface area contributed by atoms with Crippen LogP contribution in [-0.2, 0) is 6.54 Å². The maximum atomic E-state index is 4.04. The summed E-state index contributed by atoms with van der Waals surface area (Å²) in [6, 6.07) is 8.52. The molecule has 0 fully saturated rings. The van der Waals surface area contributed by atoms with Crippen molar-refractivity contribution in [1.29, 1.82) is 0 Å². The largest absolute Gasteiger partial charge is 0.308 e. The van der Waals surface area contributed by atoms with Crippen molar-refractivity contribution in [2.75, 3.05) is 0 Å². The monoisotopic (exact) mass is 229 g/mol. The molecule has 0 spiro atoms. The van der Waals surface area contributed by atoms with E-state index in [9.17, 15) is 0 Å². The van der Waals surface area contributed by atoms with Crippen molar-refractivity contribution in [2.45, 2.75) is 32.9 Å². The van der Waals surface area contributed by atoms with Gasteiger partial charge in [0.1, 0.15) is 0 Å². The molecule has 0 saturated carbocycles. The summed E-state index contributed by atoms with van der Waals surface area (Å²) in [4.78, 5) is 4.04. The van der Waals surface area contributed by atoms with E-state index in [0.717, 1.165) is 12.2 Å². The fourth-order valence-corrected chi connectivity index (χ4v) is 1.57. The summed E-state index contributed by atoms with van der Waals surface area (Å²) < 4.78 is 2.00. The zero-order chi connectivity index (χ0) is 12.3. The number of hydrogen-bond donors (Lipinski definition) is 1. The molecular formula is C14H19N3. The Morgan fingerprint density at radius 2 is 1.88 bits per heavy atom. The summed E-state index contributed by atoms with van der Waals surface area (Å²) in [7, 11) is 0. The standard InChI is InChI=1S/C14H19N3/c1-14(2,3)16-10-12-4-6-13(7-5-12)17-9-8-15-11-17/h4-9,11,16H,10H2,1-3H3. The molecule has 3 nitrogen and oxygen atoms in total. The zero-order valence-electron chi connectivity index (χ0n) is 10.6. The first kappa shape index (κ1) is 11.9. The fourth-order valence-electron chi connectivity index (χ4n) is 1.57. The van der Waals surface area contributed by atoms with Crippen molar-refractivity contribution in [3.05, 3.63) is 48.5 Å². The molecule has 0 amide bonds. The fraction of sp³-hybridized carbons (Fsp3) is 0.357. The second-order valence-corrected chi connectivity index (χ2v) is 5.24. The van der Waals surface area contributed by atoms with Crippen molar-refractivity contribution in [3.8, 4) is 5.69 Å². The number of hydrogen-bond acceptors (Lipinski definition) is 2. The van der Waals surface area contributed by atoms with Gasteiger partial charge in [-0.3, -0.25) is 0 Å². The molecule has 2 aromatic rings. The second kappa shape index (κ2) is 4.72. The minimum Gasteiger partial charge on any atom is -0.308 e. The van der Waals surface area contributed by atoms with Crippen molar-refractivity contribution in [1.82, 2.24) is 14.9 Å². The molecule has 0 saturated heterocycles. The molecule has 1 heterocycles. The molecule has 0 aliphatic carbocycles. The lowest BCUT2D eigenvalue weighted by molar-refractivity contribution is 0.424. The highest BCUT2D eigenvalue weighted by molar-refractivity contribution is 5.34. The summed E-state index contributed by atoms with van der Waals surface area (Å²) in [6.45, 7) is 7.42. The Morgan fingerprint density at radius 1 is 1.18 bits per heavy atom. The summed E-state index contributed by atoms with van der Waals surface area (Å²) in [6.07, 6.45) is 5.54. The topological polar surface area (TPSA) is 29.9 Å². The zero-order valence-corrected chi connectivity index (χ0v) is 10.6. The van der Waals surface area contributed by atoms with E-state index in [0.29, 0.717) is 0 Å². The molecule has 0 atom stereocenters. The van der Waals surface area contributed by atoms with Crippen LogP contribution in [0.4, 0.5) is 0 Å². The van der Waals surface area contributed by atoms with Crippen LogP contribution in [0.1, 0.15) is 26.3 Å². The number of nitrogens with zero attached hydrogens (tertiary/aromatic N) is 2. The predicted molar refractivity (Wildman–Crippen MR) is 70.2 cm³/mol. The number of imidazole rings is 1. The average molecular weight is 229 g/mol. The van der Waals surface area contributed by atoms with Crippen LogP contribution in [0, 0.1) is 0 Å². The molecule has 17 heavy (non-hydrogen) atoms. The van der Waals surface area contributed by atoms with E-state index >= 15 is 0 Å². The molecule has 1 aromatic carbocycles. The van der Waals surface area contributed by atoms with E-state index in [2.05, 4.69) is 55.3 Å². The van der Waals surface area contributed by atoms with Crippen LogP contribution in [0.5, 0.6) is 0 Å². The molecule has 0 aliphatic rings. The molecule has 0 radical (unpaired) electrons. The number of aromatic nitrogens is 2. The first-order chi connectivity index (χ1) is 8.04. The van der Waals surface area contributed by atoms with Gasteiger partial charge < -0.3 is 9.88 Å². The van der Waals surface area contributed by atoms with E-state index in [4.69, 9.17) is 0 Å². The van der Waals surface area contributed by atoms with E-state index in [-0.39, 0.29) is 5.54 Å². The third-order valence-electron chi connectivity index (χ3n) is 2.56. The Labute approximate surface area is 103 Å². The highest BCUT2D eigenvalue weighted by atomic mass is 15.0. The average Bonchev–Trinajstić information content (AvgIpc) is 2.79.